The van der Waals surface area contributed by atoms with Gasteiger partial charge >= 0.3 is 0 Å². The minimum absolute atomic E-state index is 0.148. The van der Waals surface area contributed by atoms with E-state index in [1.165, 1.54) is 7.11 Å². The molecule has 0 aromatic heterocycles. The molecule has 100 valence electrons. The molecule has 1 aromatic carbocycles. The number of aromatic hydroxyl groups is 1. The number of rotatable bonds is 3. The molecule has 0 spiro atoms. The second-order valence-corrected chi connectivity index (χ2v) is 5.30. The van der Waals surface area contributed by atoms with E-state index >= 15 is 0 Å². The maximum absolute atomic E-state index is 9.99. The van der Waals surface area contributed by atoms with E-state index in [-0.39, 0.29) is 17.1 Å². The molecule has 3 atom stereocenters. The minimum Gasteiger partial charge on any atom is -0.504 e. The van der Waals surface area contributed by atoms with Crippen molar-refractivity contribution in [1.82, 2.24) is 5.32 Å². The summed E-state index contributed by atoms with van der Waals surface area (Å²) in [6.45, 7) is 5.49. The van der Waals surface area contributed by atoms with Gasteiger partial charge in [0.05, 0.1) is 13.2 Å². The summed E-state index contributed by atoms with van der Waals surface area (Å²) in [5, 5.41) is 23.2. The summed E-state index contributed by atoms with van der Waals surface area (Å²) >= 11 is 0. The molecule has 1 unspecified atom stereocenters. The second-order valence-electron chi connectivity index (χ2n) is 5.30. The largest absolute Gasteiger partial charge is 0.504 e. The van der Waals surface area contributed by atoms with Gasteiger partial charge in [-0.2, -0.15) is 0 Å². The summed E-state index contributed by atoms with van der Waals surface area (Å²) in [7, 11) is 1.53. The zero-order chi connectivity index (χ0) is 13.3. The molecule has 4 nitrogen and oxygen atoms in total. The van der Waals surface area contributed by atoms with E-state index in [0.717, 1.165) is 18.7 Å². The van der Waals surface area contributed by atoms with E-state index < -0.39 is 6.10 Å². The van der Waals surface area contributed by atoms with Crippen LogP contribution in [0.3, 0.4) is 0 Å². The molecule has 1 aromatic rings. The summed E-state index contributed by atoms with van der Waals surface area (Å²) in [4.78, 5) is 0. The maximum atomic E-state index is 9.99. The number of aliphatic hydroxyl groups excluding tert-OH is 1. The van der Waals surface area contributed by atoms with E-state index in [1.807, 2.05) is 13.0 Å². The fraction of sp³-hybridized carbons (Fsp3) is 0.571. The van der Waals surface area contributed by atoms with Crippen LogP contribution >= 0.6 is 0 Å². The predicted molar refractivity (Wildman–Crippen MR) is 70.1 cm³/mol. The van der Waals surface area contributed by atoms with E-state index in [4.69, 9.17) is 4.74 Å². The van der Waals surface area contributed by atoms with Gasteiger partial charge in [-0.25, -0.2) is 0 Å². The van der Waals surface area contributed by atoms with Crippen molar-refractivity contribution in [3.63, 3.8) is 0 Å². The summed E-state index contributed by atoms with van der Waals surface area (Å²) in [6, 6.07) is 5.46. The molecule has 1 fully saturated rings. The molecule has 0 aliphatic carbocycles. The van der Waals surface area contributed by atoms with E-state index in [9.17, 15) is 10.2 Å². The summed E-state index contributed by atoms with van der Waals surface area (Å²) < 4.78 is 5.05. The van der Waals surface area contributed by atoms with Crippen LogP contribution in [0.2, 0.25) is 0 Å². The molecule has 0 radical (unpaired) electrons. The molecule has 1 heterocycles. The third-order valence-corrected chi connectivity index (χ3v) is 4.21. The third-order valence-electron chi connectivity index (χ3n) is 4.21. The summed E-state index contributed by atoms with van der Waals surface area (Å²) in [5.41, 5.74) is 0.822. The lowest BCUT2D eigenvalue weighted by atomic mass is 9.72. The highest BCUT2D eigenvalue weighted by atomic mass is 16.5. The van der Waals surface area contributed by atoms with Crippen molar-refractivity contribution >= 4 is 0 Å². The van der Waals surface area contributed by atoms with Crippen LogP contribution in [0.4, 0.5) is 0 Å². The fourth-order valence-electron chi connectivity index (χ4n) is 2.70. The topological polar surface area (TPSA) is 61.7 Å². The average Bonchev–Trinajstić information content (AvgIpc) is 2.72. The monoisotopic (exact) mass is 251 g/mol. The van der Waals surface area contributed by atoms with Crippen molar-refractivity contribution in [1.29, 1.82) is 0 Å². The van der Waals surface area contributed by atoms with Crippen molar-refractivity contribution in [2.75, 3.05) is 20.2 Å². The molecule has 1 saturated heterocycles. The quantitative estimate of drug-likeness (QED) is 0.761. The van der Waals surface area contributed by atoms with Gasteiger partial charge in [-0.1, -0.05) is 13.0 Å². The number of ether oxygens (including phenoxy) is 1. The standard InChI is InChI=1S/C14H21NO3/c1-9(16)14(2)8-15-7-11(14)10-4-5-13(18-3)12(17)6-10/h4-6,9,11,15-17H,7-8H2,1-3H3/t9-,11?,14-/m1/s1. The first-order valence-electron chi connectivity index (χ1n) is 6.24. The SMILES string of the molecule is COc1ccc(C2CNC[C@]2(C)[C@@H](C)O)cc1O. The van der Waals surface area contributed by atoms with E-state index in [1.54, 1.807) is 12.1 Å². The number of hydrogen-bond donors (Lipinski definition) is 3. The molecule has 18 heavy (non-hydrogen) atoms. The van der Waals surface area contributed by atoms with Gasteiger partial charge in [0.1, 0.15) is 0 Å². The minimum atomic E-state index is -0.401. The van der Waals surface area contributed by atoms with Crippen LogP contribution < -0.4 is 10.1 Å². The lowest BCUT2D eigenvalue weighted by Gasteiger charge is -2.34. The van der Waals surface area contributed by atoms with Crippen molar-refractivity contribution in [3.8, 4) is 11.5 Å². The van der Waals surface area contributed by atoms with Crippen LogP contribution in [0.15, 0.2) is 18.2 Å². The Bertz CT molecular complexity index is 433. The predicted octanol–water partition coefficient (Wildman–Crippen LogP) is 1.47. The fourth-order valence-corrected chi connectivity index (χ4v) is 2.70. The average molecular weight is 251 g/mol. The van der Waals surface area contributed by atoms with Crippen LogP contribution in [-0.2, 0) is 0 Å². The third kappa shape index (κ3) is 2.06. The molecule has 1 aliphatic heterocycles. The van der Waals surface area contributed by atoms with Crippen LogP contribution in [0.25, 0.3) is 0 Å². The van der Waals surface area contributed by atoms with E-state index in [0.29, 0.717) is 5.75 Å². The maximum Gasteiger partial charge on any atom is 0.160 e. The van der Waals surface area contributed by atoms with Gasteiger partial charge in [0.2, 0.25) is 0 Å². The molecule has 0 bridgehead atoms. The highest BCUT2D eigenvalue weighted by Crippen LogP contribution is 2.43. The molecule has 0 saturated carbocycles. The molecular formula is C14H21NO3. The first-order valence-corrected chi connectivity index (χ1v) is 6.24. The Morgan fingerprint density at radius 1 is 1.50 bits per heavy atom. The van der Waals surface area contributed by atoms with Crippen LogP contribution in [0, 0.1) is 5.41 Å². The lowest BCUT2D eigenvalue weighted by Crippen LogP contribution is -2.36. The van der Waals surface area contributed by atoms with Gasteiger partial charge in [-0.05, 0) is 24.6 Å². The Kier molecular flexibility index (Phi) is 3.50. The van der Waals surface area contributed by atoms with Gasteiger partial charge < -0.3 is 20.3 Å². The Morgan fingerprint density at radius 3 is 2.78 bits per heavy atom. The highest BCUT2D eigenvalue weighted by Gasteiger charge is 2.43. The van der Waals surface area contributed by atoms with Gasteiger partial charge in [-0.15, -0.1) is 0 Å². The lowest BCUT2D eigenvalue weighted by molar-refractivity contribution is 0.0549. The van der Waals surface area contributed by atoms with Crippen LogP contribution in [-0.4, -0.2) is 36.5 Å². The molecule has 1 aliphatic rings. The first-order chi connectivity index (χ1) is 8.49. The number of nitrogens with one attached hydrogen (secondary N) is 1. The van der Waals surface area contributed by atoms with Gasteiger partial charge in [0, 0.05) is 24.4 Å². The van der Waals surface area contributed by atoms with Crippen LogP contribution in [0.5, 0.6) is 11.5 Å². The Hall–Kier alpha value is -1.26. The normalized spacial score (nSPS) is 29.2. The Morgan fingerprint density at radius 2 is 2.22 bits per heavy atom. The number of methoxy groups -OCH3 is 1. The van der Waals surface area contributed by atoms with Crippen molar-refractivity contribution in [2.45, 2.75) is 25.9 Å². The Balaban J connectivity index is 2.34. The smallest absolute Gasteiger partial charge is 0.160 e. The van der Waals surface area contributed by atoms with Crippen molar-refractivity contribution < 1.29 is 14.9 Å². The van der Waals surface area contributed by atoms with E-state index in [2.05, 4.69) is 12.2 Å². The number of phenolic OH excluding ortho intramolecular Hbond substituents is 1. The first kappa shape index (κ1) is 13.2. The van der Waals surface area contributed by atoms with Gasteiger partial charge in [0.25, 0.3) is 0 Å². The second kappa shape index (κ2) is 4.78. The molecule has 2 rings (SSSR count). The van der Waals surface area contributed by atoms with Gasteiger partial charge in [-0.3, -0.25) is 0 Å². The summed E-state index contributed by atoms with van der Waals surface area (Å²) in [6.07, 6.45) is -0.401. The molecule has 4 heteroatoms. The highest BCUT2D eigenvalue weighted by molar-refractivity contribution is 5.43. The number of aliphatic hydroxyl groups is 1. The number of hydrogen-bond acceptors (Lipinski definition) is 4. The van der Waals surface area contributed by atoms with Crippen molar-refractivity contribution in [2.24, 2.45) is 5.41 Å². The van der Waals surface area contributed by atoms with Crippen LogP contribution in [0.1, 0.15) is 25.3 Å². The van der Waals surface area contributed by atoms with Crippen molar-refractivity contribution in [3.05, 3.63) is 23.8 Å². The molecule has 3 N–H and O–H groups in total. The Labute approximate surface area is 108 Å². The van der Waals surface area contributed by atoms with Gasteiger partial charge in [0.15, 0.2) is 11.5 Å². The zero-order valence-electron chi connectivity index (χ0n) is 11.1. The zero-order valence-corrected chi connectivity index (χ0v) is 11.1. The molecular weight excluding hydrogens is 230 g/mol. The number of phenols is 1. The summed E-state index contributed by atoms with van der Waals surface area (Å²) in [5.74, 6) is 0.813. The molecule has 0 amide bonds. The number of benzene rings is 1.